The van der Waals surface area contributed by atoms with Gasteiger partial charge in [-0.1, -0.05) is 0 Å². The van der Waals surface area contributed by atoms with Crippen molar-refractivity contribution in [2.75, 3.05) is 18.5 Å². The van der Waals surface area contributed by atoms with Crippen LogP contribution in [0.1, 0.15) is 10.9 Å². The summed E-state index contributed by atoms with van der Waals surface area (Å²) in [7, 11) is 1.79. The van der Waals surface area contributed by atoms with Gasteiger partial charge in [0.2, 0.25) is 0 Å². The van der Waals surface area contributed by atoms with Crippen molar-refractivity contribution >= 4 is 17.3 Å². The molecule has 0 amide bonds. The smallest absolute Gasteiger partial charge is 0.128 e. The number of rotatable bonds is 4. The fourth-order valence-corrected chi connectivity index (χ4v) is 2.28. The van der Waals surface area contributed by atoms with E-state index in [2.05, 4.69) is 0 Å². The molecule has 0 spiro atoms. The maximum absolute atomic E-state index is 13.6. The van der Waals surface area contributed by atoms with Gasteiger partial charge in [0.1, 0.15) is 17.4 Å². The Morgan fingerprint density at radius 1 is 1.15 bits per heavy atom. The molecule has 1 unspecified atom stereocenters. The van der Waals surface area contributed by atoms with E-state index in [0.29, 0.717) is 6.54 Å². The molecule has 2 nitrogen and oxygen atoms in total. The highest BCUT2D eigenvalue weighted by molar-refractivity contribution is 6.21. The lowest BCUT2D eigenvalue weighted by Gasteiger charge is -2.22. The molecule has 0 aliphatic heterocycles. The summed E-state index contributed by atoms with van der Waals surface area (Å²) in [4.78, 5) is 1.81. The molecule has 20 heavy (non-hydrogen) atoms. The van der Waals surface area contributed by atoms with Gasteiger partial charge >= 0.3 is 0 Å². The number of hydrogen-bond donors (Lipinski definition) is 1. The van der Waals surface area contributed by atoms with E-state index in [1.165, 1.54) is 0 Å². The Labute approximate surface area is 121 Å². The minimum Gasteiger partial charge on any atom is -0.508 e. The summed E-state index contributed by atoms with van der Waals surface area (Å²) in [5, 5.41) is 8.55. The Bertz CT molecular complexity index is 589. The number of phenols is 1. The van der Waals surface area contributed by atoms with Gasteiger partial charge in [-0.3, -0.25) is 0 Å². The van der Waals surface area contributed by atoms with Crippen molar-refractivity contribution in [1.82, 2.24) is 0 Å². The summed E-state index contributed by atoms with van der Waals surface area (Å²) in [6.07, 6.45) is 0. The van der Waals surface area contributed by atoms with Gasteiger partial charge in [0.25, 0.3) is 0 Å². The first-order valence-electron chi connectivity index (χ1n) is 6.06. The van der Waals surface area contributed by atoms with E-state index in [0.717, 1.165) is 23.9 Å². The number of benzene rings is 2. The maximum Gasteiger partial charge on any atom is 0.128 e. The van der Waals surface area contributed by atoms with Crippen LogP contribution in [0.15, 0.2) is 42.5 Å². The average Bonchev–Trinajstić information content (AvgIpc) is 2.42. The van der Waals surface area contributed by atoms with Crippen LogP contribution in [0, 0.1) is 11.6 Å². The zero-order valence-corrected chi connectivity index (χ0v) is 11.6. The molecule has 0 bridgehead atoms. The molecule has 2 aromatic carbocycles. The lowest BCUT2D eigenvalue weighted by molar-refractivity contribution is 0.475. The molecule has 0 aromatic heterocycles. The van der Waals surface area contributed by atoms with Gasteiger partial charge in [-0.05, 0) is 42.5 Å². The zero-order chi connectivity index (χ0) is 14.7. The van der Waals surface area contributed by atoms with E-state index in [4.69, 9.17) is 11.6 Å². The summed E-state index contributed by atoms with van der Waals surface area (Å²) >= 11 is 6.16. The maximum atomic E-state index is 13.6. The van der Waals surface area contributed by atoms with E-state index in [1.807, 2.05) is 0 Å². The number of likely N-dealkylation sites (N-methyl/N-ethyl adjacent to an activating group) is 1. The predicted molar refractivity (Wildman–Crippen MR) is 76.3 cm³/mol. The first-order chi connectivity index (χ1) is 9.47. The molecule has 106 valence electrons. The van der Waals surface area contributed by atoms with Gasteiger partial charge in [-0.2, -0.15) is 0 Å². The highest BCUT2D eigenvalue weighted by atomic mass is 35.5. The third-order valence-corrected chi connectivity index (χ3v) is 3.39. The van der Waals surface area contributed by atoms with Crippen LogP contribution >= 0.6 is 11.6 Å². The Morgan fingerprint density at radius 3 is 2.45 bits per heavy atom. The van der Waals surface area contributed by atoms with Crippen LogP contribution in [0.25, 0.3) is 0 Å². The second-order valence-electron chi connectivity index (χ2n) is 4.53. The second kappa shape index (κ2) is 6.09. The summed E-state index contributed by atoms with van der Waals surface area (Å²) < 4.78 is 26.8. The first-order valence-corrected chi connectivity index (χ1v) is 6.50. The molecule has 2 rings (SSSR count). The normalized spacial score (nSPS) is 12.2. The van der Waals surface area contributed by atoms with Crippen molar-refractivity contribution in [3.05, 3.63) is 59.7 Å². The molecule has 0 fully saturated rings. The quantitative estimate of drug-likeness (QED) is 0.859. The zero-order valence-electron chi connectivity index (χ0n) is 10.9. The number of hydrogen-bond acceptors (Lipinski definition) is 2. The molecule has 0 saturated carbocycles. The van der Waals surface area contributed by atoms with Crippen LogP contribution in [0.4, 0.5) is 14.5 Å². The van der Waals surface area contributed by atoms with Gasteiger partial charge in [0, 0.05) is 24.8 Å². The third-order valence-electron chi connectivity index (χ3n) is 3.02. The number of anilines is 1. The van der Waals surface area contributed by atoms with Crippen molar-refractivity contribution in [3.8, 4) is 5.75 Å². The molecular weight excluding hydrogens is 284 g/mol. The average molecular weight is 298 g/mol. The monoisotopic (exact) mass is 297 g/mol. The van der Waals surface area contributed by atoms with E-state index in [9.17, 15) is 13.9 Å². The molecular formula is C15H14ClF2NO. The molecule has 0 radical (unpaired) electrons. The van der Waals surface area contributed by atoms with E-state index < -0.39 is 17.0 Å². The molecule has 1 atom stereocenters. The number of phenolic OH excluding ortho intramolecular Hbond substituents is 1. The number of alkyl halides is 1. The van der Waals surface area contributed by atoms with Crippen LogP contribution < -0.4 is 4.90 Å². The van der Waals surface area contributed by atoms with Gasteiger partial charge in [-0.15, -0.1) is 11.6 Å². The summed E-state index contributed by atoms with van der Waals surface area (Å²) in [6, 6.07) is 9.79. The van der Waals surface area contributed by atoms with E-state index in [1.54, 1.807) is 36.2 Å². The fraction of sp³-hybridized carbons (Fsp3) is 0.200. The molecule has 0 saturated heterocycles. The number of halogens is 3. The lowest BCUT2D eigenvalue weighted by Crippen LogP contribution is -2.22. The minimum absolute atomic E-state index is 0.136. The summed E-state index contributed by atoms with van der Waals surface area (Å²) in [6.45, 7) is 0.312. The Kier molecular flexibility index (Phi) is 4.45. The SMILES string of the molecule is CN(CC(Cl)c1cc(F)ccc1F)c1ccc(O)cc1. The van der Waals surface area contributed by atoms with Crippen LogP contribution in [-0.2, 0) is 0 Å². The standard InChI is InChI=1S/C15H14ClF2NO/c1-19(11-3-5-12(20)6-4-11)9-14(16)13-8-10(17)2-7-15(13)18/h2-8,14,20H,9H2,1H3. The highest BCUT2D eigenvalue weighted by Crippen LogP contribution is 2.27. The summed E-state index contributed by atoms with van der Waals surface area (Å²) in [5.41, 5.74) is 0.961. The molecule has 5 heteroatoms. The molecule has 0 aliphatic rings. The minimum atomic E-state index is -0.676. The highest BCUT2D eigenvalue weighted by Gasteiger charge is 2.16. The number of aromatic hydroxyl groups is 1. The second-order valence-corrected chi connectivity index (χ2v) is 5.06. The van der Waals surface area contributed by atoms with Crippen molar-refractivity contribution in [1.29, 1.82) is 0 Å². The van der Waals surface area contributed by atoms with Crippen molar-refractivity contribution < 1.29 is 13.9 Å². The Balaban J connectivity index is 2.12. The van der Waals surface area contributed by atoms with Crippen molar-refractivity contribution in [3.63, 3.8) is 0 Å². The van der Waals surface area contributed by atoms with Crippen molar-refractivity contribution in [2.24, 2.45) is 0 Å². The topological polar surface area (TPSA) is 23.5 Å². The van der Waals surface area contributed by atoms with Gasteiger partial charge in [0.05, 0.1) is 5.38 Å². The van der Waals surface area contributed by atoms with E-state index >= 15 is 0 Å². The van der Waals surface area contributed by atoms with Crippen LogP contribution in [0.2, 0.25) is 0 Å². The fourth-order valence-electron chi connectivity index (χ4n) is 1.91. The Morgan fingerprint density at radius 2 is 1.80 bits per heavy atom. The van der Waals surface area contributed by atoms with Gasteiger partial charge in [0.15, 0.2) is 0 Å². The van der Waals surface area contributed by atoms with Crippen LogP contribution in [-0.4, -0.2) is 18.7 Å². The third kappa shape index (κ3) is 3.39. The van der Waals surface area contributed by atoms with E-state index in [-0.39, 0.29) is 11.3 Å². The van der Waals surface area contributed by atoms with Crippen LogP contribution in [0.5, 0.6) is 5.75 Å². The van der Waals surface area contributed by atoms with Crippen molar-refractivity contribution in [2.45, 2.75) is 5.38 Å². The molecule has 1 N–H and O–H groups in total. The summed E-state index contributed by atoms with van der Waals surface area (Å²) in [5.74, 6) is -0.870. The number of nitrogens with zero attached hydrogens (tertiary/aromatic N) is 1. The largest absolute Gasteiger partial charge is 0.508 e. The first kappa shape index (κ1) is 14.6. The Hall–Kier alpha value is -1.81. The molecule has 2 aromatic rings. The lowest BCUT2D eigenvalue weighted by atomic mass is 10.1. The van der Waals surface area contributed by atoms with Crippen LogP contribution in [0.3, 0.4) is 0 Å². The molecule has 0 aliphatic carbocycles. The van der Waals surface area contributed by atoms with Gasteiger partial charge in [-0.25, -0.2) is 8.78 Å². The predicted octanol–water partition coefficient (Wildman–Crippen LogP) is 4.09. The molecule has 0 heterocycles. The van der Waals surface area contributed by atoms with Gasteiger partial charge < -0.3 is 10.0 Å².